The van der Waals surface area contributed by atoms with E-state index in [1.165, 1.54) is 12.0 Å². The van der Waals surface area contributed by atoms with E-state index in [2.05, 4.69) is 20.6 Å². The summed E-state index contributed by atoms with van der Waals surface area (Å²) in [7, 11) is 1.22. The number of carboxylic acids is 1. The molecule has 270 valence electrons. The Morgan fingerprint density at radius 1 is 1.08 bits per heavy atom. The van der Waals surface area contributed by atoms with Crippen LogP contribution in [0.25, 0.3) is 0 Å². The van der Waals surface area contributed by atoms with E-state index >= 15 is 0 Å². The number of aromatic nitrogens is 2. The van der Waals surface area contributed by atoms with Crippen LogP contribution < -0.4 is 26.0 Å². The number of fused-ring (bicyclic) bond motifs is 1. The lowest BCUT2D eigenvalue weighted by Crippen LogP contribution is -2.39. The van der Waals surface area contributed by atoms with Gasteiger partial charge in [-0.3, -0.25) is 19.8 Å². The zero-order valence-corrected chi connectivity index (χ0v) is 27.3. The number of hydrogen-bond acceptors (Lipinski definition) is 12. The predicted molar refractivity (Wildman–Crippen MR) is 172 cm³/mol. The van der Waals surface area contributed by atoms with Crippen LogP contribution in [0.1, 0.15) is 40.0 Å². The van der Waals surface area contributed by atoms with Crippen LogP contribution >= 0.6 is 0 Å². The number of alkyl halides is 3. The number of rotatable bonds is 12. The summed E-state index contributed by atoms with van der Waals surface area (Å²) in [6.45, 7) is 1.99. The molecule has 0 aliphatic carbocycles. The molecule has 2 aliphatic heterocycles. The number of nitrogens with zero attached hydrogens (tertiary/aromatic N) is 3. The lowest BCUT2D eigenvalue weighted by Gasteiger charge is -2.23. The van der Waals surface area contributed by atoms with Gasteiger partial charge < -0.3 is 35.2 Å². The smallest absolute Gasteiger partial charge is 0.478 e. The molecule has 1 saturated heterocycles. The molecule has 1 unspecified atom stereocenters. The van der Waals surface area contributed by atoms with Crippen LogP contribution in [0.2, 0.25) is 0 Å². The quantitative estimate of drug-likeness (QED) is 0.0912. The van der Waals surface area contributed by atoms with Gasteiger partial charge in [-0.05, 0) is 55.2 Å². The Labute approximate surface area is 288 Å². The van der Waals surface area contributed by atoms with Gasteiger partial charge in [-0.25, -0.2) is 14.6 Å². The fraction of sp³-hybridized carbons (Fsp3) is 0.333. The van der Waals surface area contributed by atoms with Crippen molar-refractivity contribution in [1.82, 2.24) is 20.6 Å². The number of nitrogen functional groups attached to an aromatic ring is 1. The van der Waals surface area contributed by atoms with Crippen molar-refractivity contribution in [3.8, 4) is 5.88 Å². The number of carboxylic acid groups (broad SMARTS) is 1. The summed E-state index contributed by atoms with van der Waals surface area (Å²) in [6, 6.07) is 13.9. The monoisotopic (exact) mass is 714 g/mol. The van der Waals surface area contributed by atoms with Crippen LogP contribution in [0.3, 0.4) is 0 Å². The molecule has 5 N–H and O–H groups in total. The van der Waals surface area contributed by atoms with Crippen LogP contribution in [-0.2, 0) is 41.6 Å². The number of hydrogen-bond donors (Lipinski definition) is 4. The molecule has 5 rings (SSSR count). The highest BCUT2D eigenvalue weighted by Crippen LogP contribution is 2.43. The Kier molecular flexibility index (Phi) is 11.4. The van der Waals surface area contributed by atoms with Gasteiger partial charge in [0.25, 0.3) is 11.8 Å². The summed E-state index contributed by atoms with van der Waals surface area (Å²) in [5, 5.41) is 12.7. The Balaban J connectivity index is 0.000000755. The molecular weight excluding hydrogens is 681 g/mol. The molecule has 2 aromatic carbocycles. The van der Waals surface area contributed by atoms with Gasteiger partial charge in [0.05, 0.1) is 31.5 Å². The minimum atomic E-state index is -5.08. The molecule has 2 aliphatic rings. The van der Waals surface area contributed by atoms with E-state index in [0.29, 0.717) is 66.1 Å². The average molecular weight is 715 g/mol. The fourth-order valence-corrected chi connectivity index (χ4v) is 5.59. The summed E-state index contributed by atoms with van der Waals surface area (Å²) in [5.74, 6) is -3.55. The zero-order valence-electron chi connectivity index (χ0n) is 27.3. The Morgan fingerprint density at radius 2 is 1.75 bits per heavy atom. The summed E-state index contributed by atoms with van der Waals surface area (Å²) >= 11 is 0. The van der Waals surface area contributed by atoms with Crippen molar-refractivity contribution in [2.24, 2.45) is 0 Å². The second kappa shape index (κ2) is 15.3. The number of aliphatic carboxylic acids is 1. The maximum Gasteiger partial charge on any atom is 0.490 e. The lowest BCUT2D eigenvalue weighted by molar-refractivity contribution is -0.192. The van der Waals surface area contributed by atoms with Gasteiger partial charge in [0.1, 0.15) is 23.7 Å². The van der Waals surface area contributed by atoms with Crippen molar-refractivity contribution in [2.45, 2.75) is 49.9 Å². The summed E-state index contributed by atoms with van der Waals surface area (Å²) in [4.78, 5) is 80.3. The first-order chi connectivity index (χ1) is 24.1. The summed E-state index contributed by atoms with van der Waals surface area (Å²) in [6.07, 6.45) is -2.74. The molecule has 0 radical (unpaired) electrons. The van der Waals surface area contributed by atoms with E-state index in [9.17, 15) is 37.1 Å². The number of benzene rings is 2. The van der Waals surface area contributed by atoms with Crippen molar-refractivity contribution in [1.29, 1.82) is 0 Å². The van der Waals surface area contributed by atoms with Crippen molar-refractivity contribution in [2.75, 3.05) is 30.9 Å². The van der Waals surface area contributed by atoms with Crippen molar-refractivity contribution in [3.63, 3.8) is 0 Å². The van der Waals surface area contributed by atoms with Gasteiger partial charge >= 0.3 is 18.1 Å². The third-order valence-corrected chi connectivity index (χ3v) is 8.09. The molecule has 15 nitrogen and oxygen atoms in total. The number of nitrogens with one attached hydrogen (secondary N) is 2. The van der Waals surface area contributed by atoms with E-state index < -0.39 is 29.2 Å². The highest BCUT2D eigenvalue weighted by Gasteiger charge is 2.72. The van der Waals surface area contributed by atoms with Crippen molar-refractivity contribution in [3.05, 3.63) is 70.9 Å². The highest BCUT2D eigenvalue weighted by atomic mass is 19.4. The number of amides is 2. The SMILES string of the molecule is COC(=O)[C@]1(Cc2ccc(N3C(=O)CNC(=O)c4cc(CCCOc5cc(C)nc(N)n5)ccc43)cc2)NC1(C=O)CC=O.O=C(O)C(F)(F)F. The van der Waals surface area contributed by atoms with Gasteiger partial charge in [0, 0.05) is 30.3 Å². The number of carbonyl (C=O) groups is 6. The molecule has 18 heteroatoms. The van der Waals surface area contributed by atoms with Gasteiger partial charge in [-0.2, -0.15) is 18.2 Å². The first kappa shape index (κ1) is 37.9. The molecule has 0 saturated carbocycles. The van der Waals surface area contributed by atoms with E-state index in [1.807, 2.05) is 6.07 Å². The van der Waals surface area contributed by atoms with Gasteiger partial charge in [0.15, 0.2) is 0 Å². The Hall–Kier alpha value is -5.91. The van der Waals surface area contributed by atoms with E-state index in [-0.39, 0.29) is 37.1 Å². The first-order valence-electron chi connectivity index (χ1n) is 15.2. The maximum atomic E-state index is 13.2. The average Bonchev–Trinajstić information content (AvgIpc) is 3.75. The number of halogens is 3. The second-order valence-corrected chi connectivity index (χ2v) is 11.5. The zero-order chi connectivity index (χ0) is 37.6. The summed E-state index contributed by atoms with van der Waals surface area (Å²) < 4.78 is 42.4. The van der Waals surface area contributed by atoms with Gasteiger partial charge in [-0.1, -0.05) is 18.2 Å². The van der Waals surface area contributed by atoms with Gasteiger partial charge in [-0.15, -0.1) is 0 Å². The third-order valence-electron chi connectivity index (χ3n) is 8.09. The number of methoxy groups -OCH3 is 1. The van der Waals surface area contributed by atoms with E-state index in [1.54, 1.807) is 49.4 Å². The number of esters is 1. The normalized spacial score (nSPS) is 19.4. The number of anilines is 3. The van der Waals surface area contributed by atoms with Crippen LogP contribution in [0.15, 0.2) is 48.5 Å². The Bertz CT molecular complexity index is 1820. The Morgan fingerprint density at radius 3 is 2.33 bits per heavy atom. The number of ether oxygens (including phenoxy) is 2. The third kappa shape index (κ3) is 8.46. The summed E-state index contributed by atoms with van der Waals surface area (Å²) in [5.41, 5.74) is 6.56. The minimum Gasteiger partial charge on any atom is -0.478 e. The molecule has 3 heterocycles. The highest BCUT2D eigenvalue weighted by molar-refractivity contribution is 6.13. The van der Waals surface area contributed by atoms with E-state index in [4.69, 9.17) is 25.1 Å². The van der Waals surface area contributed by atoms with Gasteiger partial charge in [0.2, 0.25) is 11.8 Å². The van der Waals surface area contributed by atoms with Crippen LogP contribution in [0, 0.1) is 6.92 Å². The molecule has 1 fully saturated rings. The standard InChI is InChI=1S/C31H32N6O7.C2HF3O2/c1-19-14-25(35-29(32)34-19)44-13-3-4-20-7-10-24-23(15-20)27(41)33-17-26(40)37(24)22-8-5-21(6-9-22)16-31(28(42)43-2)30(18-39,36-31)11-12-38;3-2(4,5)1(6)7/h5-10,12,14-15,18,36H,3-4,11,13,16-17H2,1-2H3,(H,33,41)(H2,32,34,35);(H,6,7)/t30?,31-;/m0./s1. The minimum absolute atomic E-state index is 0.0917. The lowest BCUT2D eigenvalue weighted by atomic mass is 9.86. The molecule has 3 aromatic rings. The van der Waals surface area contributed by atoms with Crippen LogP contribution in [-0.4, -0.2) is 88.9 Å². The number of aldehydes is 2. The fourth-order valence-electron chi connectivity index (χ4n) is 5.59. The largest absolute Gasteiger partial charge is 0.490 e. The maximum absolute atomic E-state index is 13.2. The van der Waals surface area contributed by atoms with Crippen LogP contribution in [0.5, 0.6) is 5.88 Å². The van der Waals surface area contributed by atoms with Crippen LogP contribution in [0.4, 0.5) is 30.5 Å². The van der Waals surface area contributed by atoms with Crippen molar-refractivity contribution >= 4 is 53.6 Å². The molecule has 0 bridgehead atoms. The number of nitrogens with two attached hydrogens (primary N) is 1. The predicted octanol–water partition coefficient (Wildman–Crippen LogP) is 2.00. The molecule has 2 atom stereocenters. The topological polar surface area (TPSA) is 230 Å². The molecular formula is C33H33F3N6O9. The second-order valence-electron chi connectivity index (χ2n) is 11.5. The molecule has 51 heavy (non-hydrogen) atoms. The molecule has 1 aromatic heterocycles. The number of carbonyl (C=O) groups excluding carboxylic acids is 5. The molecule has 0 spiro atoms. The van der Waals surface area contributed by atoms with Crippen molar-refractivity contribution < 1.29 is 56.5 Å². The van der Waals surface area contributed by atoms with E-state index in [0.717, 1.165) is 5.56 Å². The number of aryl methyl sites for hydroxylation is 2. The first-order valence-corrected chi connectivity index (χ1v) is 15.2. The molecule has 2 amide bonds.